The molecule has 0 unspecified atom stereocenters. The first kappa shape index (κ1) is 12.8. The molecule has 0 atom stereocenters. The van der Waals surface area contributed by atoms with Crippen molar-refractivity contribution in [2.24, 2.45) is 0 Å². The highest BCUT2D eigenvalue weighted by Gasteiger charge is 2.26. The van der Waals surface area contributed by atoms with Crippen LogP contribution in [0.5, 0.6) is 5.88 Å². The minimum Gasteiger partial charge on any atom is -0.477 e. The highest BCUT2D eigenvalue weighted by atomic mass is 19.4. The summed E-state index contributed by atoms with van der Waals surface area (Å²) in [6.45, 7) is 0.220. The van der Waals surface area contributed by atoms with E-state index in [2.05, 4.69) is 10.3 Å². The number of hydrogen-bond donors (Lipinski definition) is 1. The number of nitrogens with one attached hydrogen (secondary N) is 1. The summed E-state index contributed by atoms with van der Waals surface area (Å²) in [7, 11) is 1.78. The Balaban J connectivity index is 2.44. The Hall–Kier alpha value is -1.30. The van der Waals surface area contributed by atoms with Crippen molar-refractivity contribution < 1.29 is 17.9 Å². The molecule has 1 heterocycles. The van der Waals surface area contributed by atoms with Gasteiger partial charge < -0.3 is 10.1 Å². The highest BCUT2D eigenvalue weighted by molar-refractivity contribution is 5.20. The maximum atomic E-state index is 11.8. The quantitative estimate of drug-likeness (QED) is 0.847. The minimum absolute atomic E-state index is 0.219. The van der Waals surface area contributed by atoms with Crippen LogP contribution in [0.15, 0.2) is 18.3 Å². The van der Waals surface area contributed by atoms with Crippen LogP contribution in [0.1, 0.15) is 12.0 Å². The Bertz CT molecular complexity index is 328. The fraction of sp³-hybridized carbons (Fsp3) is 0.500. The van der Waals surface area contributed by atoms with Gasteiger partial charge in [0.15, 0.2) is 0 Å². The molecule has 0 saturated carbocycles. The van der Waals surface area contributed by atoms with Gasteiger partial charge in [0, 0.05) is 18.8 Å². The van der Waals surface area contributed by atoms with Crippen LogP contribution in [0, 0.1) is 0 Å². The summed E-state index contributed by atoms with van der Waals surface area (Å²) in [5, 5.41) is 2.93. The molecule has 1 N–H and O–H groups in total. The van der Waals surface area contributed by atoms with Gasteiger partial charge in [-0.3, -0.25) is 0 Å². The van der Waals surface area contributed by atoms with E-state index in [4.69, 9.17) is 4.74 Å². The molecular formula is C10H13F3N2O. The van der Waals surface area contributed by atoms with Gasteiger partial charge in [0.05, 0.1) is 13.0 Å². The fourth-order valence-corrected chi connectivity index (χ4v) is 1.11. The molecule has 1 rings (SSSR count). The first-order chi connectivity index (χ1) is 7.51. The van der Waals surface area contributed by atoms with Gasteiger partial charge in [-0.25, -0.2) is 4.98 Å². The van der Waals surface area contributed by atoms with E-state index in [1.54, 1.807) is 19.2 Å². The fourth-order valence-electron chi connectivity index (χ4n) is 1.11. The first-order valence-electron chi connectivity index (χ1n) is 4.80. The van der Waals surface area contributed by atoms with Crippen molar-refractivity contribution in [2.45, 2.75) is 19.1 Å². The highest BCUT2D eigenvalue weighted by Crippen LogP contribution is 2.19. The third-order valence-corrected chi connectivity index (χ3v) is 1.82. The molecule has 0 radical (unpaired) electrons. The molecule has 3 nitrogen and oxygen atoms in total. The van der Waals surface area contributed by atoms with Gasteiger partial charge in [-0.05, 0) is 18.7 Å². The van der Waals surface area contributed by atoms with E-state index in [0.717, 1.165) is 5.56 Å². The summed E-state index contributed by atoms with van der Waals surface area (Å²) in [5.41, 5.74) is 0.916. The average Bonchev–Trinajstić information content (AvgIpc) is 2.17. The molecule has 0 aromatic carbocycles. The van der Waals surface area contributed by atoms with E-state index in [9.17, 15) is 13.2 Å². The number of ether oxygens (including phenoxy) is 1. The lowest BCUT2D eigenvalue weighted by molar-refractivity contribution is -0.139. The lowest BCUT2D eigenvalue weighted by Crippen LogP contribution is -2.13. The summed E-state index contributed by atoms with van der Waals surface area (Å²) in [5.74, 6) is 0.219. The van der Waals surface area contributed by atoms with Crippen LogP contribution in [0.2, 0.25) is 0 Å². The molecule has 0 aliphatic heterocycles. The van der Waals surface area contributed by atoms with Crippen LogP contribution < -0.4 is 10.1 Å². The lowest BCUT2D eigenvalue weighted by Gasteiger charge is -2.08. The molecule has 0 bridgehead atoms. The Labute approximate surface area is 91.6 Å². The molecule has 1 aromatic heterocycles. The van der Waals surface area contributed by atoms with Crippen LogP contribution in [0.25, 0.3) is 0 Å². The second kappa shape index (κ2) is 5.69. The van der Waals surface area contributed by atoms with Gasteiger partial charge in [-0.1, -0.05) is 0 Å². The van der Waals surface area contributed by atoms with Gasteiger partial charge in [0.1, 0.15) is 0 Å². The molecule has 0 amide bonds. The monoisotopic (exact) mass is 234 g/mol. The van der Waals surface area contributed by atoms with E-state index < -0.39 is 19.2 Å². The largest absolute Gasteiger partial charge is 0.477 e. The van der Waals surface area contributed by atoms with E-state index in [1.165, 1.54) is 6.20 Å². The van der Waals surface area contributed by atoms with Crippen molar-refractivity contribution in [3.8, 4) is 5.88 Å². The third-order valence-electron chi connectivity index (χ3n) is 1.82. The third kappa shape index (κ3) is 4.97. The van der Waals surface area contributed by atoms with E-state index in [0.29, 0.717) is 6.54 Å². The SMILES string of the molecule is CNCc1ccnc(OCCC(F)(F)F)c1. The smallest absolute Gasteiger partial charge is 0.392 e. The summed E-state index contributed by atoms with van der Waals surface area (Å²) in [4.78, 5) is 3.82. The maximum Gasteiger partial charge on any atom is 0.392 e. The van der Waals surface area contributed by atoms with Crippen LogP contribution in [0.3, 0.4) is 0 Å². The van der Waals surface area contributed by atoms with Crippen LogP contribution in [-0.2, 0) is 6.54 Å². The number of hydrogen-bond acceptors (Lipinski definition) is 3. The van der Waals surface area contributed by atoms with Crippen LogP contribution >= 0.6 is 0 Å². The topological polar surface area (TPSA) is 34.2 Å². The Morgan fingerprint density at radius 2 is 2.19 bits per heavy atom. The summed E-state index contributed by atoms with van der Waals surface area (Å²) in [6, 6.07) is 3.39. The summed E-state index contributed by atoms with van der Waals surface area (Å²) >= 11 is 0. The number of nitrogens with zero attached hydrogens (tertiary/aromatic N) is 1. The van der Waals surface area contributed by atoms with Crippen molar-refractivity contribution >= 4 is 0 Å². The number of pyridine rings is 1. The van der Waals surface area contributed by atoms with Crippen molar-refractivity contribution in [3.63, 3.8) is 0 Å². The van der Waals surface area contributed by atoms with E-state index >= 15 is 0 Å². The Kier molecular flexibility index (Phi) is 4.54. The number of halogens is 3. The molecule has 0 saturated heterocycles. The van der Waals surface area contributed by atoms with E-state index in [1.807, 2.05) is 0 Å². The predicted molar refractivity (Wildman–Crippen MR) is 53.2 cm³/mol. The molecule has 90 valence electrons. The van der Waals surface area contributed by atoms with E-state index in [-0.39, 0.29) is 5.88 Å². The van der Waals surface area contributed by atoms with Crippen molar-refractivity contribution in [1.82, 2.24) is 10.3 Å². The van der Waals surface area contributed by atoms with Gasteiger partial charge in [0.2, 0.25) is 5.88 Å². The normalized spacial score (nSPS) is 11.5. The summed E-state index contributed by atoms with van der Waals surface area (Å²) < 4.78 is 40.5. The molecular weight excluding hydrogens is 221 g/mol. The minimum atomic E-state index is -4.19. The standard InChI is InChI=1S/C10H13F3N2O/c1-14-7-8-2-4-15-9(6-8)16-5-3-10(11,12)13/h2,4,6,14H,3,5,7H2,1H3. The van der Waals surface area contributed by atoms with Gasteiger partial charge in [0.25, 0.3) is 0 Å². The number of rotatable bonds is 5. The average molecular weight is 234 g/mol. The second-order valence-corrected chi connectivity index (χ2v) is 3.25. The summed E-state index contributed by atoms with van der Waals surface area (Å²) in [6.07, 6.45) is -3.65. The molecule has 0 aliphatic rings. The maximum absolute atomic E-state index is 11.8. The number of alkyl halides is 3. The molecule has 0 spiro atoms. The molecule has 0 fully saturated rings. The van der Waals surface area contributed by atoms with Crippen molar-refractivity contribution in [1.29, 1.82) is 0 Å². The second-order valence-electron chi connectivity index (χ2n) is 3.25. The zero-order valence-electron chi connectivity index (χ0n) is 8.84. The lowest BCUT2D eigenvalue weighted by atomic mass is 10.3. The zero-order valence-corrected chi connectivity index (χ0v) is 8.84. The Morgan fingerprint density at radius 1 is 1.44 bits per heavy atom. The predicted octanol–water partition coefficient (Wildman–Crippen LogP) is 2.13. The molecule has 0 aliphatic carbocycles. The van der Waals surface area contributed by atoms with Crippen LogP contribution in [-0.4, -0.2) is 24.8 Å². The van der Waals surface area contributed by atoms with Crippen molar-refractivity contribution in [3.05, 3.63) is 23.9 Å². The van der Waals surface area contributed by atoms with Gasteiger partial charge >= 0.3 is 6.18 Å². The zero-order chi connectivity index (χ0) is 12.0. The van der Waals surface area contributed by atoms with Gasteiger partial charge in [-0.2, -0.15) is 13.2 Å². The van der Waals surface area contributed by atoms with Gasteiger partial charge in [-0.15, -0.1) is 0 Å². The number of aromatic nitrogens is 1. The molecule has 1 aromatic rings. The molecule has 16 heavy (non-hydrogen) atoms. The Morgan fingerprint density at radius 3 is 2.81 bits per heavy atom. The molecule has 6 heteroatoms. The first-order valence-corrected chi connectivity index (χ1v) is 4.80. The van der Waals surface area contributed by atoms with Crippen molar-refractivity contribution in [2.75, 3.05) is 13.7 Å². The van der Waals surface area contributed by atoms with Crippen LogP contribution in [0.4, 0.5) is 13.2 Å².